The standard InChI is InChI=1S/C12H19NOS/c1-9-4-5-12(14)11(8-9)10(2)13-6-7-15-3/h4-5,8,10,13-14H,6-7H2,1-3H3. The van der Waals surface area contributed by atoms with Gasteiger partial charge < -0.3 is 10.4 Å². The minimum absolute atomic E-state index is 0.206. The zero-order valence-electron chi connectivity index (χ0n) is 9.58. The van der Waals surface area contributed by atoms with Crippen LogP contribution in [0.15, 0.2) is 18.2 Å². The Morgan fingerprint density at radius 3 is 2.87 bits per heavy atom. The van der Waals surface area contributed by atoms with E-state index in [9.17, 15) is 5.11 Å². The number of nitrogens with one attached hydrogen (secondary N) is 1. The smallest absolute Gasteiger partial charge is 0.120 e. The summed E-state index contributed by atoms with van der Waals surface area (Å²) in [6.07, 6.45) is 2.09. The Morgan fingerprint density at radius 1 is 1.47 bits per heavy atom. The van der Waals surface area contributed by atoms with E-state index in [1.807, 2.05) is 30.8 Å². The number of hydrogen-bond donors (Lipinski definition) is 2. The van der Waals surface area contributed by atoms with Crippen molar-refractivity contribution in [1.82, 2.24) is 5.32 Å². The first-order valence-electron chi connectivity index (χ1n) is 5.17. The van der Waals surface area contributed by atoms with Gasteiger partial charge in [-0.05, 0) is 26.2 Å². The Labute approximate surface area is 96.1 Å². The van der Waals surface area contributed by atoms with Crippen LogP contribution in [0.2, 0.25) is 0 Å². The third-order valence-electron chi connectivity index (χ3n) is 2.41. The molecule has 0 saturated heterocycles. The summed E-state index contributed by atoms with van der Waals surface area (Å²) in [5, 5.41) is 13.1. The third-order valence-corrected chi connectivity index (χ3v) is 3.02. The van der Waals surface area contributed by atoms with E-state index in [1.54, 1.807) is 6.07 Å². The molecule has 0 aromatic heterocycles. The predicted molar refractivity (Wildman–Crippen MR) is 67.6 cm³/mol. The Bertz CT molecular complexity index is 314. The second-order valence-electron chi connectivity index (χ2n) is 3.73. The van der Waals surface area contributed by atoms with E-state index >= 15 is 0 Å². The van der Waals surface area contributed by atoms with Gasteiger partial charge in [-0.1, -0.05) is 17.7 Å². The molecule has 84 valence electrons. The number of phenols is 1. The largest absolute Gasteiger partial charge is 0.508 e. The van der Waals surface area contributed by atoms with Crippen LogP contribution in [0, 0.1) is 6.92 Å². The van der Waals surface area contributed by atoms with Crippen molar-refractivity contribution in [2.24, 2.45) is 0 Å². The average Bonchev–Trinajstić information content (AvgIpc) is 2.22. The number of aromatic hydroxyl groups is 1. The van der Waals surface area contributed by atoms with Crippen molar-refractivity contribution < 1.29 is 5.11 Å². The number of rotatable bonds is 5. The van der Waals surface area contributed by atoms with Crippen molar-refractivity contribution in [2.45, 2.75) is 19.9 Å². The zero-order valence-corrected chi connectivity index (χ0v) is 10.4. The van der Waals surface area contributed by atoms with Crippen LogP contribution in [-0.2, 0) is 0 Å². The van der Waals surface area contributed by atoms with Gasteiger partial charge in [-0.25, -0.2) is 0 Å². The van der Waals surface area contributed by atoms with E-state index in [0.29, 0.717) is 5.75 Å². The fourth-order valence-electron chi connectivity index (χ4n) is 1.51. The van der Waals surface area contributed by atoms with Crippen LogP contribution in [0.3, 0.4) is 0 Å². The summed E-state index contributed by atoms with van der Waals surface area (Å²) in [5.74, 6) is 1.47. The molecule has 0 fully saturated rings. The molecule has 1 rings (SSSR count). The van der Waals surface area contributed by atoms with E-state index in [2.05, 4.69) is 18.5 Å². The minimum atomic E-state index is 0.206. The van der Waals surface area contributed by atoms with Gasteiger partial charge in [0.1, 0.15) is 5.75 Å². The van der Waals surface area contributed by atoms with Gasteiger partial charge in [0.15, 0.2) is 0 Å². The van der Waals surface area contributed by atoms with Gasteiger partial charge in [0, 0.05) is 23.9 Å². The molecule has 1 atom stereocenters. The highest BCUT2D eigenvalue weighted by molar-refractivity contribution is 7.98. The van der Waals surface area contributed by atoms with Gasteiger partial charge in [0.25, 0.3) is 0 Å². The van der Waals surface area contributed by atoms with Crippen LogP contribution in [0.4, 0.5) is 0 Å². The molecule has 0 amide bonds. The van der Waals surface area contributed by atoms with Crippen LogP contribution in [0.1, 0.15) is 24.1 Å². The van der Waals surface area contributed by atoms with E-state index in [0.717, 1.165) is 17.9 Å². The summed E-state index contributed by atoms with van der Waals surface area (Å²) in [4.78, 5) is 0. The maximum absolute atomic E-state index is 9.72. The third kappa shape index (κ3) is 3.76. The Morgan fingerprint density at radius 2 is 2.20 bits per heavy atom. The highest BCUT2D eigenvalue weighted by atomic mass is 32.2. The first-order valence-corrected chi connectivity index (χ1v) is 6.56. The van der Waals surface area contributed by atoms with Crippen LogP contribution in [0.5, 0.6) is 5.75 Å². The molecule has 1 aromatic carbocycles. The van der Waals surface area contributed by atoms with E-state index < -0.39 is 0 Å². The molecule has 0 spiro atoms. The highest BCUT2D eigenvalue weighted by Gasteiger charge is 2.09. The van der Waals surface area contributed by atoms with E-state index in [-0.39, 0.29) is 6.04 Å². The first kappa shape index (κ1) is 12.4. The number of phenolic OH excluding ortho intramolecular Hbond substituents is 1. The van der Waals surface area contributed by atoms with Gasteiger partial charge >= 0.3 is 0 Å². The molecule has 1 aromatic rings. The van der Waals surface area contributed by atoms with Crippen LogP contribution >= 0.6 is 11.8 Å². The van der Waals surface area contributed by atoms with Crippen LogP contribution < -0.4 is 5.32 Å². The fraction of sp³-hybridized carbons (Fsp3) is 0.500. The van der Waals surface area contributed by atoms with Gasteiger partial charge in [-0.3, -0.25) is 0 Å². The van der Waals surface area contributed by atoms with Gasteiger partial charge in [0.05, 0.1) is 0 Å². The van der Waals surface area contributed by atoms with Crippen LogP contribution in [0.25, 0.3) is 0 Å². The molecule has 0 bridgehead atoms. The molecule has 0 radical (unpaired) electrons. The second kappa shape index (κ2) is 6.03. The lowest BCUT2D eigenvalue weighted by Gasteiger charge is -2.15. The molecular formula is C12H19NOS. The summed E-state index contributed by atoms with van der Waals surface area (Å²) in [6.45, 7) is 5.09. The van der Waals surface area contributed by atoms with Gasteiger partial charge in [0.2, 0.25) is 0 Å². The summed E-state index contributed by atoms with van der Waals surface area (Å²) in [6, 6.07) is 5.92. The Hall–Kier alpha value is -0.670. The topological polar surface area (TPSA) is 32.3 Å². The zero-order chi connectivity index (χ0) is 11.3. The van der Waals surface area contributed by atoms with E-state index in [1.165, 1.54) is 5.56 Å². The molecule has 0 aliphatic heterocycles. The lowest BCUT2D eigenvalue weighted by atomic mass is 10.0. The molecule has 3 heteroatoms. The molecule has 15 heavy (non-hydrogen) atoms. The van der Waals surface area contributed by atoms with Crippen molar-refractivity contribution >= 4 is 11.8 Å². The summed E-state index contributed by atoms with van der Waals surface area (Å²) < 4.78 is 0. The monoisotopic (exact) mass is 225 g/mol. The molecule has 1 unspecified atom stereocenters. The number of aryl methyl sites for hydroxylation is 1. The van der Waals surface area contributed by atoms with Gasteiger partial charge in [-0.15, -0.1) is 0 Å². The number of benzene rings is 1. The fourth-order valence-corrected chi connectivity index (χ4v) is 1.83. The Kier molecular flexibility index (Phi) is 4.99. The van der Waals surface area contributed by atoms with Crippen molar-refractivity contribution in [3.05, 3.63) is 29.3 Å². The van der Waals surface area contributed by atoms with Crippen LogP contribution in [-0.4, -0.2) is 23.7 Å². The molecule has 0 aliphatic carbocycles. The molecular weight excluding hydrogens is 206 g/mol. The van der Waals surface area contributed by atoms with Crippen molar-refractivity contribution in [3.8, 4) is 5.75 Å². The maximum atomic E-state index is 9.72. The van der Waals surface area contributed by atoms with Crippen molar-refractivity contribution in [3.63, 3.8) is 0 Å². The predicted octanol–water partition coefficient (Wildman–Crippen LogP) is 2.71. The SMILES string of the molecule is CSCCNC(C)c1cc(C)ccc1O. The number of hydrogen-bond acceptors (Lipinski definition) is 3. The van der Waals surface area contributed by atoms with Crippen molar-refractivity contribution in [2.75, 3.05) is 18.6 Å². The minimum Gasteiger partial charge on any atom is -0.508 e. The van der Waals surface area contributed by atoms with Gasteiger partial charge in [-0.2, -0.15) is 11.8 Å². The summed E-state index contributed by atoms with van der Waals surface area (Å²) in [7, 11) is 0. The molecule has 2 nitrogen and oxygen atoms in total. The summed E-state index contributed by atoms with van der Waals surface area (Å²) >= 11 is 1.82. The molecule has 0 aliphatic rings. The molecule has 0 heterocycles. The molecule has 0 saturated carbocycles. The van der Waals surface area contributed by atoms with Crippen molar-refractivity contribution in [1.29, 1.82) is 0 Å². The molecule has 2 N–H and O–H groups in total. The Balaban J connectivity index is 2.64. The average molecular weight is 225 g/mol. The number of thioether (sulfide) groups is 1. The lowest BCUT2D eigenvalue weighted by Crippen LogP contribution is -2.21. The highest BCUT2D eigenvalue weighted by Crippen LogP contribution is 2.24. The quantitative estimate of drug-likeness (QED) is 0.756. The first-order chi connectivity index (χ1) is 7.15. The second-order valence-corrected chi connectivity index (χ2v) is 4.72. The lowest BCUT2D eigenvalue weighted by molar-refractivity contribution is 0.454. The van der Waals surface area contributed by atoms with E-state index in [4.69, 9.17) is 0 Å². The normalized spacial score (nSPS) is 12.7. The summed E-state index contributed by atoms with van der Waals surface area (Å²) in [5.41, 5.74) is 2.16. The maximum Gasteiger partial charge on any atom is 0.120 e.